The van der Waals surface area contributed by atoms with Gasteiger partial charge < -0.3 is 9.88 Å². The number of piperidine rings is 1. The van der Waals surface area contributed by atoms with Crippen molar-refractivity contribution < 1.29 is 4.79 Å². The summed E-state index contributed by atoms with van der Waals surface area (Å²) in [6.07, 6.45) is 8.17. The summed E-state index contributed by atoms with van der Waals surface area (Å²) in [5.74, 6) is 0.340. The maximum atomic E-state index is 12.7. The molecule has 0 aromatic carbocycles. The number of carbonyl (C=O) groups excluding carboxylic acids is 1. The Hall–Kier alpha value is -3.42. The molecule has 0 saturated carbocycles. The summed E-state index contributed by atoms with van der Waals surface area (Å²) in [6.45, 7) is 3.05. The molecule has 1 saturated heterocycles. The minimum Gasteiger partial charge on any atom is -0.338 e. The zero-order valence-corrected chi connectivity index (χ0v) is 15.5. The van der Waals surface area contributed by atoms with E-state index in [1.807, 2.05) is 6.92 Å². The highest BCUT2D eigenvalue weighted by molar-refractivity contribution is 5.94. The van der Waals surface area contributed by atoms with Crippen molar-refractivity contribution in [1.29, 1.82) is 0 Å². The molecule has 1 N–H and O–H groups in total. The van der Waals surface area contributed by atoms with E-state index in [1.165, 1.54) is 6.07 Å². The molecule has 0 spiro atoms. The number of pyridine rings is 1. The van der Waals surface area contributed by atoms with Crippen LogP contribution in [0.25, 0.3) is 11.5 Å². The number of H-pyrrole nitrogens is 1. The van der Waals surface area contributed by atoms with E-state index in [0.717, 1.165) is 18.5 Å². The smallest absolute Gasteiger partial charge is 0.255 e. The highest BCUT2D eigenvalue weighted by Gasteiger charge is 2.27. The van der Waals surface area contributed by atoms with Crippen molar-refractivity contribution in [2.75, 3.05) is 13.1 Å². The molecule has 1 aliphatic rings. The molecule has 28 heavy (non-hydrogen) atoms. The first-order valence-electron chi connectivity index (χ1n) is 9.20. The molecule has 4 rings (SSSR count). The van der Waals surface area contributed by atoms with Gasteiger partial charge in [0, 0.05) is 43.7 Å². The average molecular weight is 376 g/mol. The topological polar surface area (TPSA) is 105 Å². The fraction of sp³-hybridized carbons (Fsp3) is 0.300. The molecule has 8 heteroatoms. The highest BCUT2D eigenvalue weighted by atomic mass is 16.2. The molecule has 8 nitrogen and oxygen atoms in total. The molecule has 1 atom stereocenters. The Morgan fingerprint density at radius 3 is 2.89 bits per heavy atom. The molecule has 0 bridgehead atoms. The summed E-state index contributed by atoms with van der Waals surface area (Å²) in [5.41, 5.74) is 2.31. The molecule has 1 aliphatic heterocycles. The van der Waals surface area contributed by atoms with E-state index < -0.39 is 0 Å². The molecule has 3 aromatic rings. The van der Waals surface area contributed by atoms with Gasteiger partial charge in [0.2, 0.25) is 0 Å². The van der Waals surface area contributed by atoms with Crippen LogP contribution in [-0.4, -0.2) is 48.8 Å². The second-order valence-electron chi connectivity index (χ2n) is 6.89. The molecular weight excluding hydrogens is 356 g/mol. The summed E-state index contributed by atoms with van der Waals surface area (Å²) >= 11 is 0. The van der Waals surface area contributed by atoms with Gasteiger partial charge >= 0.3 is 0 Å². The first-order chi connectivity index (χ1) is 13.6. The second kappa shape index (κ2) is 7.67. The highest BCUT2D eigenvalue weighted by Crippen LogP contribution is 2.26. The van der Waals surface area contributed by atoms with Gasteiger partial charge in [-0.25, -0.2) is 9.97 Å². The van der Waals surface area contributed by atoms with Crippen LogP contribution in [-0.2, 0) is 0 Å². The van der Waals surface area contributed by atoms with Gasteiger partial charge in [0.1, 0.15) is 5.69 Å². The number of rotatable bonds is 3. The fourth-order valence-corrected chi connectivity index (χ4v) is 3.40. The van der Waals surface area contributed by atoms with E-state index in [1.54, 1.807) is 41.8 Å². The molecule has 4 heterocycles. The van der Waals surface area contributed by atoms with Crippen molar-refractivity contribution >= 4 is 5.91 Å². The quantitative estimate of drug-likeness (QED) is 0.749. The van der Waals surface area contributed by atoms with Crippen LogP contribution in [0.15, 0.2) is 47.8 Å². The molecule has 0 unspecified atom stereocenters. The SMILES string of the molecule is Cc1cnc(-c2nc([C@H]3CCCN(C(=O)c4cccnc4)C3)cc(=O)[nH]2)cn1. The minimum absolute atomic E-state index is 0.00571. The van der Waals surface area contributed by atoms with Gasteiger partial charge in [0.25, 0.3) is 11.5 Å². The van der Waals surface area contributed by atoms with Crippen LogP contribution in [0.1, 0.15) is 40.5 Å². The van der Waals surface area contributed by atoms with E-state index in [-0.39, 0.29) is 17.4 Å². The molecule has 3 aromatic heterocycles. The number of amides is 1. The second-order valence-corrected chi connectivity index (χ2v) is 6.89. The van der Waals surface area contributed by atoms with Crippen molar-refractivity contribution in [1.82, 2.24) is 29.8 Å². The summed E-state index contributed by atoms with van der Waals surface area (Å²) in [7, 11) is 0. The Labute approximate surface area is 161 Å². The lowest BCUT2D eigenvalue weighted by Crippen LogP contribution is -2.39. The number of hydrogen-bond donors (Lipinski definition) is 1. The Morgan fingerprint density at radius 2 is 2.14 bits per heavy atom. The Morgan fingerprint density at radius 1 is 1.25 bits per heavy atom. The third-order valence-corrected chi connectivity index (χ3v) is 4.82. The largest absolute Gasteiger partial charge is 0.338 e. The van der Waals surface area contributed by atoms with Crippen LogP contribution in [0.2, 0.25) is 0 Å². The minimum atomic E-state index is -0.238. The Balaban J connectivity index is 1.59. The molecule has 142 valence electrons. The van der Waals surface area contributed by atoms with Crippen LogP contribution in [0.4, 0.5) is 0 Å². The summed E-state index contributed by atoms with van der Waals surface area (Å²) in [6, 6.07) is 5.02. The van der Waals surface area contributed by atoms with Gasteiger partial charge in [-0.15, -0.1) is 0 Å². The van der Waals surface area contributed by atoms with Crippen LogP contribution < -0.4 is 5.56 Å². The van der Waals surface area contributed by atoms with Gasteiger partial charge in [0.05, 0.1) is 23.1 Å². The maximum Gasteiger partial charge on any atom is 0.255 e. The first-order valence-corrected chi connectivity index (χ1v) is 9.20. The van der Waals surface area contributed by atoms with E-state index in [2.05, 4.69) is 24.9 Å². The monoisotopic (exact) mass is 376 g/mol. The number of aryl methyl sites for hydroxylation is 1. The van der Waals surface area contributed by atoms with E-state index >= 15 is 0 Å². The number of nitrogens with one attached hydrogen (secondary N) is 1. The summed E-state index contributed by atoms with van der Waals surface area (Å²) in [5, 5.41) is 0. The van der Waals surface area contributed by atoms with Gasteiger partial charge in [0.15, 0.2) is 5.82 Å². The molecule has 0 aliphatic carbocycles. The summed E-state index contributed by atoms with van der Waals surface area (Å²) in [4.78, 5) is 46.6. The van der Waals surface area contributed by atoms with E-state index in [4.69, 9.17) is 0 Å². The van der Waals surface area contributed by atoms with E-state index in [9.17, 15) is 9.59 Å². The standard InChI is InChI=1S/C20H20N6O2/c1-13-9-23-17(11-22-13)19-24-16(8-18(27)25-19)15-5-3-7-26(12-15)20(28)14-4-2-6-21-10-14/h2,4,6,8-11,15H,3,5,7,12H2,1H3,(H,24,25,27)/t15-/m0/s1. The van der Waals surface area contributed by atoms with Crippen molar-refractivity contribution in [3.05, 3.63) is 70.3 Å². The molecule has 1 fully saturated rings. The zero-order chi connectivity index (χ0) is 19.5. The number of carbonyl (C=O) groups is 1. The third kappa shape index (κ3) is 3.80. The summed E-state index contributed by atoms with van der Waals surface area (Å²) < 4.78 is 0. The van der Waals surface area contributed by atoms with Gasteiger partial charge in [-0.05, 0) is 31.9 Å². The normalized spacial score (nSPS) is 16.8. The Bertz CT molecular complexity index is 1030. The maximum absolute atomic E-state index is 12.7. The predicted molar refractivity (Wildman–Crippen MR) is 103 cm³/mol. The molecule has 1 amide bonds. The van der Waals surface area contributed by atoms with Crippen LogP contribution in [0.5, 0.6) is 0 Å². The third-order valence-electron chi connectivity index (χ3n) is 4.82. The number of nitrogens with zero attached hydrogens (tertiary/aromatic N) is 5. The van der Waals surface area contributed by atoms with Crippen LogP contribution in [0, 0.1) is 6.92 Å². The van der Waals surface area contributed by atoms with Crippen molar-refractivity contribution in [2.24, 2.45) is 0 Å². The molecule has 0 radical (unpaired) electrons. The number of aromatic amines is 1. The van der Waals surface area contributed by atoms with Crippen molar-refractivity contribution in [3.8, 4) is 11.5 Å². The first kappa shape index (κ1) is 18.0. The van der Waals surface area contributed by atoms with Gasteiger partial charge in [-0.1, -0.05) is 0 Å². The van der Waals surface area contributed by atoms with Crippen LogP contribution in [0.3, 0.4) is 0 Å². The lowest BCUT2D eigenvalue weighted by molar-refractivity contribution is 0.0705. The van der Waals surface area contributed by atoms with Crippen LogP contribution >= 0.6 is 0 Å². The number of likely N-dealkylation sites (tertiary alicyclic amines) is 1. The van der Waals surface area contributed by atoms with E-state index in [0.29, 0.717) is 35.9 Å². The van der Waals surface area contributed by atoms with Gasteiger partial charge in [-0.2, -0.15) is 0 Å². The van der Waals surface area contributed by atoms with Crippen molar-refractivity contribution in [2.45, 2.75) is 25.7 Å². The number of hydrogen-bond acceptors (Lipinski definition) is 6. The molecular formula is C20H20N6O2. The predicted octanol–water partition coefficient (Wildman–Crippen LogP) is 1.95. The zero-order valence-electron chi connectivity index (χ0n) is 15.5. The number of aromatic nitrogens is 5. The van der Waals surface area contributed by atoms with Crippen molar-refractivity contribution in [3.63, 3.8) is 0 Å². The lowest BCUT2D eigenvalue weighted by Gasteiger charge is -2.32. The Kier molecular flexibility index (Phi) is 4.92. The average Bonchev–Trinajstić information content (AvgIpc) is 2.74. The van der Waals surface area contributed by atoms with Gasteiger partial charge in [-0.3, -0.25) is 19.6 Å². The lowest BCUT2D eigenvalue weighted by atomic mass is 9.94. The fourth-order valence-electron chi connectivity index (χ4n) is 3.40.